The highest BCUT2D eigenvalue weighted by molar-refractivity contribution is 6.00. The van der Waals surface area contributed by atoms with Crippen molar-refractivity contribution in [2.45, 2.75) is 32.9 Å². The van der Waals surface area contributed by atoms with Crippen molar-refractivity contribution < 1.29 is 9.59 Å². The van der Waals surface area contributed by atoms with Crippen molar-refractivity contribution in [1.29, 1.82) is 0 Å². The number of urea groups is 1. The van der Waals surface area contributed by atoms with Crippen molar-refractivity contribution >= 4 is 17.8 Å². The van der Waals surface area contributed by atoms with Gasteiger partial charge in [-0.3, -0.25) is 19.1 Å². The molecule has 1 aliphatic rings. The third-order valence-electron chi connectivity index (χ3n) is 4.54. The predicted octanol–water partition coefficient (Wildman–Crippen LogP) is 0.375. The van der Waals surface area contributed by atoms with E-state index < -0.39 is 6.04 Å². The highest BCUT2D eigenvalue weighted by Crippen LogP contribution is 2.21. The Kier molecular flexibility index (Phi) is 4.47. The van der Waals surface area contributed by atoms with E-state index in [-0.39, 0.29) is 11.9 Å². The molecule has 9 nitrogen and oxygen atoms in total. The first-order valence-corrected chi connectivity index (χ1v) is 8.20. The largest absolute Gasteiger partial charge is 0.334 e. The van der Waals surface area contributed by atoms with Crippen LogP contribution in [0.4, 0.5) is 10.6 Å². The Bertz CT molecular complexity index is 808. The van der Waals surface area contributed by atoms with E-state index in [1.165, 1.54) is 0 Å². The minimum atomic E-state index is -0.523. The molecule has 3 amide bonds. The topological polar surface area (TPSA) is 97.1 Å². The lowest BCUT2D eigenvalue weighted by molar-refractivity contribution is -0.118. The predicted molar refractivity (Wildman–Crippen MR) is 92.0 cm³/mol. The van der Waals surface area contributed by atoms with Gasteiger partial charge < -0.3 is 10.6 Å². The Labute approximate surface area is 146 Å². The number of hydrogen-bond donors (Lipinski definition) is 2. The molecule has 9 heteroatoms. The second kappa shape index (κ2) is 6.58. The van der Waals surface area contributed by atoms with Crippen LogP contribution in [0.2, 0.25) is 0 Å². The maximum absolute atomic E-state index is 12.6. The van der Waals surface area contributed by atoms with Gasteiger partial charge in [0, 0.05) is 44.5 Å². The van der Waals surface area contributed by atoms with Crippen LogP contribution in [0.25, 0.3) is 0 Å². The van der Waals surface area contributed by atoms with Gasteiger partial charge in [0.05, 0.1) is 11.9 Å². The van der Waals surface area contributed by atoms with E-state index in [1.807, 2.05) is 27.0 Å². The third-order valence-corrected chi connectivity index (χ3v) is 4.54. The average Bonchev–Trinajstić information content (AvgIpc) is 3.18. The average molecular weight is 345 g/mol. The van der Waals surface area contributed by atoms with Crippen molar-refractivity contribution in [2.75, 3.05) is 11.4 Å². The second-order valence-corrected chi connectivity index (χ2v) is 6.30. The molecular formula is C16H23N7O2. The van der Waals surface area contributed by atoms with Gasteiger partial charge in [0.15, 0.2) is 0 Å². The smallest absolute Gasteiger partial charge is 0.315 e. The van der Waals surface area contributed by atoms with E-state index in [2.05, 4.69) is 20.8 Å². The molecule has 0 bridgehead atoms. The Morgan fingerprint density at radius 2 is 2.08 bits per heavy atom. The number of hydrogen-bond acceptors (Lipinski definition) is 4. The molecule has 1 atom stereocenters. The molecule has 3 rings (SSSR count). The van der Waals surface area contributed by atoms with Gasteiger partial charge >= 0.3 is 6.03 Å². The number of aromatic nitrogens is 4. The monoisotopic (exact) mass is 345 g/mol. The van der Waals surface area contributed by atoms with Gasteiger partial charge in [-0.05, 0) is 20.3 Å². The molecule has 2 aromatic rings. The summed E-state index contributed by atoms with van der Waals surface area (Å²) >= 11 is 0. The maximum Gasteiger partial charge on any atom is 0.315 e. The normalized spacial score (nSPS) is 17.2. The van der Waals surface area contributed by atoms with Crippen molar-refractivity contribution in [3.05, 3.63) is 29.2 Å². The van der Waals surface area contributed by atoms with Gasteiger partial charge in [-0.1, -0.05) is 0 Å². The number of carbonyl (C=O) groups excluding carboxylic acids is 2. The van der Waals surface area contributed by atoms with Gasteiger partial charge in [-0.25, -0.2) is 4.79 Å². The molecule has 0 spiro atoms. The molecule has 134 valence electrons. The van der Waals surface area contributed by atoms with Crippen LogP contribution < -0.4 is 15.5 Å². The van der Waals surface area contributed by atoms with E-state index >= 15 is 0 Å². The van der Waals surface area contributed by atoms with Crippen molar-refractivity contribution in [3.63, 3.8) is 0 Å². The maximum atomic E-state index is 12.6. The molecule has 0 unspecified atom stereocenters. The highest BCUT2D eigenvalue weighted by Gasteiger charge is 2.35. The molecule has 0 radical (unpaired) electrons. The zero-order valence-corrected chi connectivity index (χ0v) is 14.9. The molecule has 1 fully saturated rings. The summed E-state index contributed by atoms with van der Waals surface area (Å²) in [4.78, 5) is 26.3. The fraction of sp³-hybridized carbons (Fsp3) is 0.500. The molecule has 2 aromatic heterocycles. The van der Waals surface area contributed by atoms with Crippen molar-refractivity contribution in [1.82, 2.24) is 30.2 Å². The summed E-state index contributed by atoms with van der Waals surface area (Å²) in [6, 6.07) is 0.987. The van der Waals surface area contributed by atoms with Crippen LogP contribution >= 0.6 is 0 Å². The highest BCUT2D eigenvalue weighted by atomic mass is 16.2. The Morgan fingerprint density at radius 1 is 1.32 bits per heavy atom. The van der Waals surface area contributed by atoms with Crippen LogP contribution in [-0.2, 0) is 25.4 Å². The Morgan fingerprint density at radius 3 is 2.68 bits per heavy atom. The van der Waals surface area contributed by atoms with Crippen LogP contribution in [0, 0.1) is 13.8 Å². The number of carbonyl (C=O) groups is 2. The summed E-state index contributed by atoms with van der Waals surface area (Å²) in [7, 11) is 3.66. The number of anilines is 1. The first-order valence-electron chi connectivity index (χ1n) is 8.20. The van der Waals surface area contributed by atoms with Crippen molar-refractivity contribution in [3.8, 4) is 0 Å². The SMILES string of the molecule is Cc1cc(N2CC[C@@H](NC(=O)NCc3cnn(C)c3C)C2=O)n(C)n1. The molecule has 25 heavy (non-hydrogen) atoms. The molecule has 3 heterocycles. The molecular weight excluding hydrogens is 322 g/mol. The molecule has 1 saturated heterocycles. The van der Waals surface area contributed by atoms with Crippen LogP contribution in [0.1, 0.15) is 23.4 Å². The summed E-state index contributed by atoms with van der Waals surface area (Å²) in [5, 5.41) is 13.9. The molecule has 1 aliphatic heterocycles. The van der Waals surface area contributed by atoms with Gasteiger partial charge in [0.1, 0.15) is 11.9 Å². The number of aryl methyl sites for hydroxylation is 3. The summed E-state index contributed by atoms with van der Waals surface area (Å²) in [6.45, 7) is 4.76. The third kappa shape index (κ3) is 3.35. The zero-order chi connectivity index (χ0) is 18.1. The van der Waals surface area contributed by atoms with Crippen LogP contribution in [-0.4, -0.2) is 44.1 Å². The molecule has 0 aromatic carbocycles. The Hall–Kier alpha value is -2.84. The van der Waals surface area contributed by atoms with E-state index in [1.54, 1.807) is 27.5 Å². The minimum absolute atomic E-state index is 0.115. The molecule has 0 aliphatic carbocycles. The summed E-state index contributed by atoms with van der Waals surface area (Å²) in [5.41, 5.74) is 2.80. The standard InChI is InChI=1S/C16H23N7O2/c1-10-7-14(22(4)20-10)23-6-5-13(15(23)24)19-16(25)17-8-12-9-18-21(3)11(12)2/h7,9,13H,5-6,8H2,1-4H3,(H2,17,19,25)/t13-/m1/s1. The van der Waals surface area contributed by atoms with Crippen LogP contribution in [0.3, 0.4) is 0 Å². The number of nitrogens with one attached hydrogen (secondary N) is 2. The second-order valence-electron chi connectivity index (χ2n) is 6.30. The van der Waals surface area contributed by atoms with Gasteiger partial charge in [0.25, 0.3) is 5.91 Å². The first kappa shape index (κ1) is 17.0. The van der Waals surface area contributed by atoms with Gasteiger partial charge in [-0.2, -0.15) is 10.2 Å². The summed E-state index contributed by atoms with van der Waals surface area (Å²) < 4.78 is 3.43. The Balaban J connectivity index is 1.56. The lowest BCUT2D eigenvalue weighted by Gasteiger charge is -2.17. The van der Waals surface area contributed by atoms with E-state index in [9.17, 15) is 9.59 Å². The quantitative estimate of drug-likeness (QED) is 0.837. The first-order chi connectivity index (χ1) is 11.9. The summed E-state index contributed by atoms with van der Waals surface area (Å²) in [6.07, 6.45) is 2.30. The lowest BCUT2D eigenvalue weighted by atomic mass is 10.2. The van der Waals surface area contributed by atoms with E-state index in [4.69, 9.17) is 0 Å². The van der Waals surface area contributed by atoms with E-state index in [0.29, 0.717) is 19.5 Å². The van der Waals surface area contributed by atoms with Gasteiger partial charge in [-0.15, -0.1) is 0 Å². The van der Waals surface area contributed by atoms with Gasteiger partial charge in [0.2, 0.25) is 0 Å². The fourth-order valence-corrected chi connectivity index (χ4v) is 2.99. The number of nitrogens with zero attached hydrogens (tertiary/aromatic N) is 5. The fourth-order valence-electron chi connectivity index (χ4n) is 2.99. The lowest BCUT2D eigenvalue weighted by Crippen LogP contribution is -2.46. The summed E-state index contributed by atoms with van der Waals surface area (Å²) in [5.74, 6) is 0.633. The van der Waals surface area contributed by atoms with Crippen LogP contribution in [0.5, 0.6) is 0 Å². The van der Waals surface area contributed by atoms with E-state index in [0.717, 1.165) is 22.8 Å². The number of rotatable bonds is 4. The molecule has 2 N–H and O–H groups in total. The zero-order valence-electron chi connectivity index (χ0n) is 14.9. The van der Waals surface area contributed by atoms with Crippen molar-refractivity contribution in [2.24, 2.45) is 14.1 Å². The molecule has 0 saturated carbocycles. The number of amides is 3. The van der Waals surface area contributed by atoms with Crippen LogP contribution in [0.15, 0.2) is 12.3 Å². The minimum Gasteiger partial charge on any atom is -0.334 e.